The van der Waals surface area contributed by atoms with Gasteiger partial charge in [-0.2, -0.15) is 0 Å². The minimum Gasteiger partial charge on any atom is -0.481 e. The monoisotopic (exact) mass is 240 g/mol. The van der Waals surface area contributed by atoms with E-state index in [2.05, 4.69) is 5.32 Å². The van der Waals surface area contributed by atoms with Crippen LogP contribution in [0.5, 0.6) is 0 Å². The third-order valence-electron chi connectivity index (χ3n) is 4.04. The number of hydrogen-bond donors (Lipinski definition) is 2. The molecule has 0 bridgehead atoms. The molecule has 5 heteroatoms. The topological polar surface area (TPSA) is 69.6 Å². The first-order valence-electron chi connectivity index (χ1n) is 6.36. The lowest BCUT2D eigenvalue weighted by atomic mass is 9.76. The van der Waals surface area contributed by atoms with Crippen molar-refractivity contribution in [2.24, 2.45) is 5.41 Å². The second-order valence-electron chi connectivity index (χ2n) is 5.15. The van der Waals surface area contributed by atoms with Crippen LogP contribution in [0, 0.1) is 5.41 Å². The molecule has 0 aromatic carbocycles. The van der Waals surface area contributed by atoms with Crippen molar-refractivity contribution in [2.45, 2.75) is 45.1 Å². The minimum absolute atomic E-state index is 0.0254. The van der Waals surface area contributed by atoms with E-state index in [4.69, 9.17) is 0 Å². The summed E-state index contributed by atoms with van der Waals surface area (Å²) in [5.74, 6) is -0.720. The molecule has 0 aromatic heterocycles. The van der Waals surface area contributed by atoms with Crippen LogP contribution in [0.2, 0.25) is 0 Å². The van der Waals surface area contributed by atoms with Crippen molar-refractivity contribution in [3.05, 3.63) is 0 Å². The lowest BCUT2D eigenvalue weighted by Gasteiger charge is -2.38. The molecule has 2 fully saturated rings. The third kappa shape index (κ3) is 2.53. The second-order valence-corrected chi connectivity index (χ2v) is 5.15. The van der Waals surface area contributed by atoms with Crippen molar-refractivity contribution < 1.29 is 14.7 Å². The Morgan fingerprint density at radius 2 is 1.94 bits per heavy atom. The zero-order valence-corrected chi connectivity index (χ0v) is 10.2. The highest BCUT2D eigenvalue weighted by molar-refractivity contribution is 5.77. The van der Waals surface area contributed by atoms with Crippen molar-refractivity contribution in [1.29, 1.82) is 0 Å². The Labute approximate surface area is 101 Å². The molecule has 0 atom stereocenters. The molecule has 1 heterocycles. The molecule has 2 rings (SSSR count). The highest BCUT2D eigenvalue weighted by Crippen LogP contribution is 2.35. The van der Waals surface area contributed by atoms with Crippen LogP contribution >= 0.6 is 0 Å². The van der Waals surface area contributed by atoms with Gasteiger partial charge in [0.05, 0.1) is 5.41 Å². The molecule has 2 aliphatic rings. The maximum Gasteiger partial charge on any atom is 0.317 e. The summed E-state index contributed by atoms with van der Waals surface area (Å²) in [6.45, 7) is 3.02. The molecule has 96 valence electrons. The molecule has 2 N–H and O–H groups in total. The number of amides is 2. The number of hydrogen-bond acceptors (Lipinski definition) is 2. The predicted octanol–water partition coefficient (Wildman–Crippen LogP) is 1.44. The first-order valence-corrected chi connectivity index (χ1v) is 6.36. The van der Waals surface area contributed by atoms with Crippen LogP contribution in [-0.2, 0) is 4.79 Å². The number of rotatable bonds is 3. The fraction of sp³-hybridized carbons (Fsp3) is 0.833. The SMILES string of the molecule is CCC1(C(=O)O)CCN(C(=O)NC2CC2)CC1. The van der Waals surface area contributed by atoms with Gasteiger partial charge in [0.15, 0.2) is 0 Å². The quantitative estimate of drug-likeness (QED) is 0.784. The average Bonchev–Trinajstić information content (AvgIpc) is 3.12. The van der Waals surface area contributed by atoms with Gasteiger partial charge in [-0.1, -0.05) is 6.92 Å². The normalized spacial score (nSPS) is 23.2. The summed E-state index contributed by atoms with van der Waals surface area (Å²) in [5.41, 5.74) is -0.615. The maximum atomic E-state index is 11.8. The van der Waals surface area contributed by atoms with Gasteiger partial charge in [0.2, 0.25) is 0 Å². The van der Waals surface area contributed by atoms with Crippen molar-refractivity contribution >= 4 is 12.0 Å². The van der Waals surface area contributed by atoms with Gasteiger partial charge in [-0.25, -0.2) is 4.79 Å². The van der Waals surface area contributed by atoms with Crippen LogP contribution in [0.1, 0.15) is 39.0 Å². The predicted molar refractivity (Wildman–Crippen MR) is 62.7 cm³/mol. The lowest BCUT2D eigenvalue weighted by molar-refractivity contribution is -0.151. The fourth-order valence-electron chi connectivity index (χ4n) is 2.35. The Kier molecular flexibility index (Phi) is 3.26. The molecule has 0 radical (unpaired) electrons. The van der Waals surface area contributed by atoms with E-state index in [9.17, 15) is 14.7 Å². The van der Waals surface area contributed by atoms with Gasteiger partial charge in [0.1, 0.15) is 0 Å². The molecule has 1 aliphatic heterocycles. The Hall–Kier alpha value is -1.26. The van der Waals surface area contributed by atoms with E-state index in [0.717, 1.165) is 12.8 Å². The van der Waals surface area contributed by atoms with E-state index >= 15 is 0 Å². The number of aliphatic carboxylic acids is 1. The van der Waals surface area contributed by atoms with Crippen LogP contribution in [0.3, 0.4) is 0 Å². The van der Waals surface area contributed by atoms with Gasteiger partial charge in [-0.3, -0.25) is 4.79 Å². The van der Waals surface area contributed by atoms with E-state index < -0.39 is 11.4 Å². The standard InChI is InChI=1S/C12H20N2O3/c1-2-12(10(15)16)5-7-14(8-6-12)11(17)13-9-3-4-9/h9H,2-8H2,1H3,(H,13,17)(H,15,16). The zero-order valence-electron chi connectivity index (χ0n) is 10.2. The highest BCUT2D eigenvalue weighted by Gasteiger charge is 2.41. The van der Waals surface area contributed by atoms with Gasteiger partial charge in [-0.05, 0) is 32.1 Å². The molecular weight excluding hydrogens is 220 g/mol. The Morgan fingerprint density at radius 1 is 1.35 bits per heavy atom. The van der Waals surface area contributed by atoms with Gasteiger partial charge < -0.3 is 15.3 Å². The lowest BCUT2D eigenvalue weighted by Crippen LogP contribution is -2.49. The summed E-state index contributed by atoms with van der Waals surface area (Å²) in [4.78, 5) is 24.8. The van der Waals surface area contributed by atoms with E-state index in [1.807, 2.05) is 6.92 Å². The number of carbonyl (C=O) groups excluding carboxylic acids is 1. The van der Waals surface area contributed by atoms with Crippen molar-refractivity contribution in [1.82, 2.24) is 10.2 Å². The molecule has 0 unspecified atom stereocenters. The number of nitrogens with zero attached hydrogens (tertiary/aromatic N) is 1. The zero-order chi connectivity index (χ0) is 12.5. The summed E-state index contributed by atoms with van der Waals surface area (Å²) < 4.78 is 0. The van der Waals surface area contributed by atoms with Crippen molar-refractivity contribution in [3.8, 4) is 0 Å². The largest absolute Gasteiger partial charge is 0.481 e. The number of carbonyl (C=O) groups is 2. The number of carboxylic acids is 1. The van der Waals surface area contributed by atoms with E-state index in [-0.39, 0.29) is 6.03 Å². The first-order chi connectivity index (χ1) is 8.07. The summed E-state index contributed by atoms with van der Waals surface area (Å²) in [5, 5.41) is 12.2. The van der Waals surface area contributed by atoms with Crippen LogP contribution < -0.4 is 5.32 Å². The fourth-order valence-corrected chi connectivity index (χ4v) is 2.35. The number of urea groups is 1. The number of likely N-dealkylation sites (tertiary alicyclic amines) is 1. The summed E-state index contributed by atoms with van der Waals surface area (Å²) in [6, 6.07) is 0.336. The van der Waals surface area contributed by atoms with E-state index in [1.165, 1.54) is 0 Å². The Balaban J connectivity index is 1.87. The number of piperidine rings is 1. The van der Waals surface area contributed by atoms with Gasteiger partial charge in [0, 0.05) is 19.1 Å². The number of nitrogens with one attached hydrogen (secondary N) is 1. The molecule has 1 saturated heterocycles. The van der Waals surface area contributed by atoms with Crippen LogP contribution in [0.4, 0.5) is 4.79 Å². The average molecular weight is 240 g/mol. The van der Waals surface area contributed by atoms with Gasteiger partial charge in [-0.15, -0.1) is 0 Å². The molecule has 1 saturated carbocycles. The minimum atomic E-state index is -0.720. The molecule has 5 nitrogen and oxygen atoms in total. The van der Waals surface area contributed by atoms with Crippen LogP contribution in [0.15, 0.2) is 0 Å². The van der Waals surface area contributed by atoms with Gasteiger partial charge in [0.25, 0.3) is 0 Å². The first kappa shape index (κ1) is 12.2. The van der Waals surface area contributed by atoms with Crippen molar-refractivity contribution in [3.63, 3.8) is 0 Å². The molecule has 0 spiro atoms. The van der Waals surface area contributed by atoms with E-state index in [0.29, 0.717) is 38.4 Å². The van der Waals surface area contributed by atoms with Crippen LogP contribution in [0.25, 0.3) is 0 Å². The molecule has 1 aliphatic carbocycles. The summed E-state index contributed by atoms with van der Waals surface area (Å²) in [7, 11) is 0. The maximum absolute atomic E-state index is 11.8. The van der Waals surface area contributed by atoms with E-state index in [1.54, 1.807) is 4.90 Å². The molecular formula is C12H20N2O3. The summed E-state index contributed by atoms with van der Waals surface area (Å²) in [6.07, 6.45) is 3.93. The second kappa shape index (κ2) is 4.55. The smallest absolute Gasteiger partial charge is 0.317 e. The highest BCUT2D eigenvalue weighted by atomic mass is 16.4. The summed E-state index contributed by atoms with van der Waals surface area (Å²) >= 11 is 0. The Morgan fingerprint density at radius 3 is 2.35 bits per heavy atom. The number of carboxylic acid groups (broad SMARTS) is 1. The van der Waals surface area contributed by atoms with Crippen molar-refractivity contribution in [2.75, 3.05) is 13.1 Å². The van der Waals surface area contributed by atoms with Gasteiger partial charge >= 0.3 is 12.0 Å². The molecule has 0 aromatic rings. The van der Waals surface area contributed by atoms with Crippen LogP contribution in [-0.4, -0.2) is 41.1 Å². The molecule has 2 amide bonds. The Bertz CT molecular complexity index is 318. The molecule has 17 heavy (non-hydrogen) atoms. The third-order valence-corrected chi connectivity index (χ3v) is 4.04.